The largest absolute Gasteiger partial charge is 0.495 e. The number of anilines is 1. The predicted molar refractivity (Wildman–Crippen MR) is 133 cm³/mol. The Balaban J connectivity index is 1.68. The Morgan fingerprint density at radius 1 is 0.947 bits per heavy atom. The van der Waals surface area contributed by atoms with Crippen LogP contribution in [0.5, 0.6) is 5.75 Å². The Kier molecular flexibility index (Phi) is 6.19. The molecule has 0 saturated heterocycles. The minimum Gasteiger partial charge on any atom is -0.495 e. The van der Waals surface area contributed by atoms with Gasteiger partial charge in [-0.15, -0.1) is 0 Å². The van der Waals surface area contributed by atoms with Crippen LogP contribution in [-0.4, -0.2) is 25.3 Å². The molecular weight excluding hydrogens is 523 g/mol. The standard InChI is InChI=1S/C26H18F3N3O5S/c1-14-9-15(3-5-18(14)27)17-11-23(36-2)22(12-19(17)28)32-21-13-20(29)24(10-16(21)4-6-26(32)33)38(34,35)31-25-7-8-37-30-25/h3-13H,1-2H3,(H,30,31). The van der Waals surface area contributed by atoms with E-state index in [9.17, 15) is 17.6 Å². The van der Waals surface area contributed by atoms with Gasteiger partial charge in [-0.3, -0.25) is 14.1 Å². The van der Waals surface area contributed by atoms with E-state index in [1.807, 2.05) is 0 Å². The topological polar surface area (TPSA) is 103 Å². The van der Waals surface area contributed by atoms with Crippen molar-refractivity contribution in [1.82, 2.24) is 9.72 Å². The summed E-state index contributed by atoms with van der Waals surface area (Å²) >= 11 is 0. The van der Waals surface area contributed by atoms with Crippen LogP contribution in [0.2, 0.25) is 0 Å². The first-order chi connectivity index (χ1) is 18.1. The van der Waals surface area contributed by atoms with Gasteiger partial charge in [0.05, 0.1) is 18.3 Å². The van der Waals surface area contributed by atoms with Crippen molar-refractivity contribution in [3.63, 3.8) is 0 Å². The Bertz CT molecular complexity index is 1870. The minimum atomic E-state index is -4.40. The van der Waals surface area contributed by atoms with E-state index < -0.39 is 37.9 Å². The number of hydrogen-bond acceptors (Lipinski definition) is 6. The van der Waals surface area contributed by atoms with Gasteiger partial charge in [0.15, 0.2) is 5.82 Å². The Labute approximate surface area is 213 Å². The van der Waals surface area contributed by atoms with E-state index in [-0.39, 0.29) is 33.7 Å². The van der Waals surface area contributed by atoms with Gasteiger partial charge in [-0.2, -0.15) is 0 Å². The average molecular weight is 542 g/mol. The van der Waals surface area contributed by atoms with Crippen LogP contribution in [0.25, 0.3) is 27.7 Å². The molecule has 0 fully saturated rings. The van der Waals surface area contributed by atoms with Gasteiger partial charge in [-0.05, 0) is 48.4 Å². The lowest BCUT2D eigenvalue weighted by Crippen LogP contribution is -2.20. The van der Waals surface area contributed by atoms with E-state index in [0.29, 0.717) is 11.1 Å². The molecule has 0 radical (unpaired) electrons. The zero-order chi connectivity index (χ0) is 27.2. The van der Waals surface area contributed by atoms with Gasteiger partial charge >= 0.3 is 0 Å². The van der Waals surface area contributed by atoms with Gasteiger partial charge in [0.2, 0.25) is 0 Å². The summed E-state index contributed by atoms with van der Waals surface area (Å²) < 4.78 is 82.9. The number of benzene rings is 3. The fourth-order valence-electron chi connectivity index (χ4n) is 4.07. The second-order valence-corrected chi connectivity index (χ2v) is 9.96. The highest BCUT2D eigenvalue weighted by atomic mass is 32.2. The summed E-state index contributed by atoms with van der Waals surface area (Å²) in [7, 11) is -3.09. The van der Waals surface area contributed by atoms with Crippen molar-refractivity contribution in [3.05, 3.63) is 100 Å². The number of hydrogen-bond donors (Lipinski definition) is 1. The lowest BCUT2D eigenvalue weighted by atomic mass is 10.0. The Hall–Kier alpha value is -4.58. The molecule has 0 atom stereocenters. The van der Waals surface area contributed by atoms with Crippen molar-refractivity contribution in [3.8, 4) is 22.6 Å². The monoisotopic (exact) mass is 541 g/mol. The summed E-state index contributed by atoms with van der Waals surface area (Å²) in [5, 5.41) is 3.62. The molecule has 0 aliphatic rings. The number of pyridine rings is 1. The van der Waals surface area contributed by atoms with Crippen molar-refractivity contribution < 1.29 is 30.8 Å². The van der Waals surface area contributed by atoms with E-state index in [2.05, 4.69) is 14.4 Å². The lowest BCUT2D eigenvalue weighted by Gasteiger charge is -2.17. The maximum Gasteiger partial charge on any atom is 0.266 e. The first kappa shape index (κ1) is 25.1. The van der Waals surface area contributed by atoms with Crippen molar-refractivity contribution in [1.29, 1.82) is 0 Å². The molecule has 2 heterocycles. The van der Waals surface area contributed by atoms with Crippen molar-refractivity contribution in [2.45, 2.75) is 11.8 Å². The Morgan fingerprint density at radius 2 is 1.74 bits per heavy atom. The molecule has 0 unspecified atom stereocenters. The van der Waals surface area contributed by atoms with Crippen LogP contribution in [0, 0.1) is 24.4 Å². The van der Waals surface area contributed by atoms with Crippen LogP contribution >= 0.6 is 0 Å². The van der Waals surface area contributed by atoms with E-state index in [0.717, 1.165) is 35.1 Å². The molecule has 0 spiro atoms. The summed E-state index contributed by atoms with van der Waals surface area (Å²) in [5.41, 5.74) is 0.0840. The number of methoxy groups -OCH3 is 1. The highest BCUT2D eigenvalue weighted by Crippen LogP contribution is 2.34. The molecule has 12 heteroatoms. The summed E-state index contributed by atoms with van der Waals surface area (Å²) in [4.78, 5) is 12.2. The molecule has 5 aromatic rings. The van der Waals surface area contributed by atoms with Crippen LogP contribution in [0.15, 0.2) is 81.1 Å². The molecule has 0 saturated carbocycles. The van der Waals surface area contributed by atoms with Crippen LogP contribution in [0.4, 0.5) is 19.0 Å². The molecule has 2 aromatic heterocycles. The fourth-order valence-corrected chi connectivity index (χ4v) is 5.16. The van der Waals surface area contributed by atoms with Gasteiger partial charge in [0.25, 0.3) is 15.6 Å². The molecule has 0 aliphatic heterocycles. The minimum absolute atomic E-state index is 0.0292. The molecule has 8 nitrogen and oxygen atoms in total. The van der Waals surface area contributed by atoms with Crippen LogP contribution < -0.4 is 15.0 Å². The molecular formula is C26H18F3N3O5S. The number of aromatic nitrogens is 2. The molecule has 38 heavy (non-hydrogen) atoms. The first-order valence-corrected chi connectivity index (χ1v) is 12.5. The van der Waals surface area contributed by atoms with Crippen LogP contribution in [0.1, 0.15) is 5.56 Å². The Morgan fingerprint density at radius 3 is 2.42 bits per heavy atom. The number of sulfonamides is 1. The number of fused-ring (bicyclic) bond motifs is 1. The van der Waals surface area contributed by atoms with Crippen molar-refractivity contribution in [2.75, 3.05) is 11.8 Å². The summed E-state index contributed by atoms with van der Waals surface area (Å²) in [6.45, 7) is 1.54. The average Bonchev–Trinajstić information content (AvgIpc) is 3.37. The van der Waals surface area contributed by atoms with E-state index in [1.165, 1.54) is 43.5 Å². The van der Waals surface area contributed by atoms with Crippen molar-refractivity contribution in [2.24, 2.45) is 0 Å². The smallest absolute Gasteiger partial charge is 0.266 e. The van der Waals surface area contributed by atoms with E-state index >= 15 is 8.78 Å². The molecule has 194 valence electrons. The number of aryl methyl sites for hydroxylation is 1. The molecule has 3 aromatic carbocycles. The third kappa shape index (κ3) is 4.39. The van der Waals surface area contributed by atoms with Gasteiger partial charge in [-0.1, -0.05) is 11.2 Å². The van der Waals surface area contributed by atoms with Gasteiger partial charge in [0, 0.05) is 35.2 Å². The number of ether oxygens (including phenoxy) is 1. The molecule has 1 N–H and O–H groups in total. The number of nitrogens with one attached hydrogen (secondary N) is 1. The highest BCUT2D eigenvalue weighted by molar-refractivity contribution is 7.92. The van der Waals surface area contributed by atoms with Gasteiger partial charge in [0.1, 0.15) is 34.4 Å². The number of halogens is 3. The molecule has 0 bridgehead atoms. The normalized spacial score (nSPS) is 11.6. The SMILES string of the molecule is COc1cc(-c2ccc(F)c(C)c2)c(F)cc1-n1c(=O)ccc2cc(S(=O)(=O)Nc3ccon3)c(F)cc21. The molecule has 0 amide bonds. The zero-order valence-electron chi connectivity index (χ0n) is 19.8. The summed E-state index contributed by atoms with van der Waals surface area (Å²) in [5.74, 6) is -2.42. The highest BCUT2D eigenvalue weighted by Gasteiger charge is 2.23. The van der Waals surface area contributed by atoms with Crippen LogP contribution in [0.3, 0.4) is 0 Å². The third-order valence-corrected chi connectivity index (χ3v) is 7.26. The lowest BCUT2D eigenvalue weighted by molar-refractivity contribution is 0.412. The van der Waals surface area contributed by atoms with Crippen molar-refractivity contribution >= 4 is 26.7 Å². The molecule has 5 rings (SSSR count). The van der Waals surface area contributed by atoms with E-state index in [1.54, 1.807) is 6.92 Å². The van der Waals surface area contributed by atoms with Gasteiger partial charge in [-0.25, -0.2) is 21.6 Å². The van der Waals surface area contributed by atoms with E-state index in [4.69, 9.17) is 4.74 Å². The summed E-state index contributed by atoms with van der Waals surface area (Å²) in [6, 6.07) is 12.1. The van der Waals surface area contributed by atoms with Crippen LogP contribution in [-0.2, 0) is 10.0 Å². The summed E-state index contributed by atoms with van der Waals surface area (Å²) in [6.07, 6.45) is 1.14. The second-order valence-electron chi connectivity index (χ2n) is 8.31. The zero-order valence-corrected chi connectivity index (χ0v) is 20.6. The quantitative estimate of drug-likeness (QED) is 0.318. The number of rotatable bonds is 6. The number of nitrogens with zero attached hydrogens (tertiary/aromatic N) is 2. The third-order valence-electron chi connectivity index (χ3n) is 5.89. The maximum absolute atomic E-state index is 15.3. The molecule has 0 aliphatic carbocycles. The predicted octanol–water partition coefficient (Wildman–Crippen LogP) is 5.18. The fraction of sp³-hybridized carbons (Fsp3) is 0.0769. The van der Waals surface area contributed by atoms with Gasteiger partial charge < -0.3 is 9.26 Å². The second kappa shape index (κ2) is 9.38. The first-order valence-electron chi connectivity index (χ1n) is 11.0. The maximum atomic E-state index is 15.3.